The lowest BCUT2D eigenvalue weighted by Crippen LogP contribution is -2.35. The van der Waals surface area contributed by atoms with Crippen LogP contribution in [0.4, 0.5) is 0 Å². The van der Waals surface area contributed by atoms with E-state index in [2.05, 4.69) is 10.5 Å². The number of amides is 2. The van der Waals surface area contributed by atoms with E-state index in [9.17, 15) is 9.59 Å². The molecule has 3 aromatic rings. The highest BCUT2D eigenvalue weighted by molar-refractivity contribution is 6.30. The summed E-state index contributed by atoms with van der Waals surface area (Å²) in [7, 11) is 1.56. The fraction of sp³-hybridized carbons (Fsp3) is 0.276. The lowest BCUT2D eigenvalue weighted by molar-refractivity contribution is -0.123. The van der Waals surface area contributed by atoms with Gasteiger partial charge in [0, 0.05) is 23.7 Å². The fourth-order valence-electron chi connectivity index (χ4n) is 3.96. The van der Waals surface area contributed by atoms with Gasteiger partial charge in [0.25, 0.3) is 11.8 Å². The van der Waals surface area contributed by atoms with Gasteiger partial charge in [-0.15, -0.1) is 0 Å². The van der Waals surface area contributed by atoms with Gasteiger partial charge in [-0.05, 0) is 85.0 Å². The predicted octanol–water partition coefficient (Wildman–Crippen LogP) is 5.08. The number of carbonyl (C=O) groups is 2. The quantitative estimate of drug-likeness (QED) is 0.289. The number of benzene rings is 3. The van der Waals surface area contributed by atoms with Crippen LogP contribution in [0.15, 0.2) is 71.8 Å². The molecule has 1 aliphatic rings. The highest BCUT2D eigenvalue weighted by Crippen LogP contribution is 2.28. The van der Waals surface area contributed by atoms with Crippen LogP contribution in [-0.2, 0) is 11.4 Å². The second-order valence-corrected chi connectivity index (χ2v) is 9.22. The summed E-state index contributed by atoms with van der Waals surface area (Å²) >= 11 is 5.83. The van der Waals surface area contributed by atoms with Crippen LogP contribution in [0, 0.1) is 0 Å². The van der Waals surface area contributed by atoms with Crippen molar-refractivity contribution in [2.75, 3.05) is 26.8 Å². The van der Waals surface area contributed by atoms with Crippen molar-refractivity contribution < 1.29 is 23.8 Å². The minimum absolute atomic E-state index is 0.0846. The Morgan fingerprint density at radius 1 is 0.947 bits per heavy atom. The zero-order valence-corrected chi connectivity index (χ0v) is 21.9. The van der Waals surface area contributed by atoms with Gasteiger partial charge in [0.1, 0.15) is 12.4 Å². The SMILES string of the molecule is COc1cc(/C=N\NC(=O)COc2ccc(Cl)cc2)ccc1OCc1ccc(C(=O)N2CCCCC2)cc1. The molecule has 38 heavy (non-hydrogen) atoms. The van der Waals surface area contributed by atoms with Crippen LogP contribution < -0.4 is 19.6 Å². The van der Waals surface area contributed by atoms with Gasteiger partial charge in [-0.3, -0.25) is 9.59 Å². The normalized spacial score (nSPS) is 13.3. The van der Waals surface area contributed by atoms with Crippen molar-refractivity contribution in [2.24, 2.45) is 5.10 Å². The topological polar surface area (TPSA) is 89.5 Å². The molecular weight excluding hydrogens is 506 g/mol. The van der Waals surface area contributed by atoms with E-state index in [0.717, 1.165) is 31.5 Å². The Morgan fingerprint density at radius 3 is 2.39 bits per heavy atom. The molecule has 0 aromatic heterocycles. The summed E-state index contributed by atoms with van der Waals surface area (Å²) in [5.74, 6) is 1.32. The second-order valence-electron chi connectivity index (χ2n) is 8.78. The molecule has 4 rings (SSSR count). The van der Waals surface area contributed by atoms with Crippen LogP contribution in [-0.4, -0.2) is 49.7 Å². The van der Waals surface area contributed by atoms with Gasteiger partial charge in [-0.25, -0.2) is 5.43 Å². The van der Waals surface area contributed by atoms with E-state index >= 15 is 0 Å². The molecule has 2 amide bonds. The van der Waals surface area contributed by atoms with Crippen LogP contribution in [0.2, 0.25) is 5.02 Å². The van der Waals surface area contributed by atoms with E-state index in [1.807, 2.05) is 29.2 Å². The number of hydrazone groups is 1. The first-order valence-corrected chi connectivity index (χ1v) is 12.8. The van der Waals surface area contributed by atoms with Crippen LogP contribution >= 0.6 is 11.6 Å². The lowest BCUT2D eigenvalue weighted by atomic mass is 10.1. The number of hydrogen-bond donors (Lipinski definition) is 1. The summed E-state index contributed by atoms with van der Waals surface area (Å²) in [6.07, 6.45) is 4.83. The number of methoxy groups -OCH3 is 1. The monoisotopic (exact) mass is 535 g/mol. The van der Waals surface area contributed by atoms with Gasteiger partial charge in [-0.1, -0.05) is 23.7 Å². The third kappa shape index (κ3) is 7.73. The summed E-state index contributed by atoms with van der Waals surface area (Å²) in [5, 5.41) is 4.56. The summed E-state index contributed by atoms with van der Waals surface area (Å²) in [4.78, 5) is 26.5. The maximum atomic E-state index is 12.7. The minimum Gasteiger partial charge on any atom is -0.493 e. The smallest absolute Gasteiger partial charge is 0.277 e. The highest BCUT2D eigenvalue weighted by Gasteiger charge is 2.18. The van der Waals surface area contributed by atoms with Gasteiger partial charge >= 0.3 is 0 Å². The van der Waals surface area contributed by atoms with E-state index in [1.165, 1.54) is 12.6 Å². The van der Waals surface area contributed by atoms with Gasteiger partial charge in [-0.2, -0.15) is 5.10 Å². The van der Waals surface area contributed by atoms with E-state index in [1.54, 1.807) is 49.6 Å². The third-order valence-corrected chi connectivity index (χ3v) is 6.26. The summed E-state index contributed by atoms with van der Waals surface area (Å²) in [6.45, 7) is 1.80. The van der Waals surface area contributed by atoms with E-state index in [4.69, 9.17) is 25.8 Å². The molecule has 0 unspecified atom stereocenters. The molecule has 0 aliphatic carbocycles. The molecule has 1 saturated heterocycles. The maximum absolute atomic E-state index is 12.7. The summed E-state index contributed by atoms with van der Waals surface area (Å²) < 4.78 is 16.8. The first-order valence-electron chi connectivity index (χ1n) is 12.4. The molecule has 1 N–H and O–H groups in total. The van der Waals surface area contributed by atoms with Crippen molar-refractivity contribution in [1.82, 2.24) is 10.3 Å². The van der Waals surface area contributed by atoms with Gasteiger partial charge in [0.05, 0.1) is 13.3 Å². The Morgan fingerprint density at radius 2 is 1.68 bits per heavy atom. The standard InChI is InChI=1S/C29H30ClN3O5/c1-36-27-17-22(18-31-32-28(34)20-37-25-12-10-24(30)11-13-25)7-14-26(27)38-19-21-5-8-23(9-6-21)29(35)33-15-3-2-4-16-33/h5-14,17-18H,2-4,15-16,19-20H2,1H3,(H,32,34)/b31-18-. The average Bonchev–Trinajstić information content (AvgIpc) is 2.96. The molecule has 3 aromatic carbocycles. The summed E-state index contributed by atoms with van der Waals surface area (Å²) in [5.41, 5.74) is 4.78. The van der Waals surface area contributed by atoms with Crippen LogP contribution in [0.3, 0.4) is 0 Å². The fourth-order valence-corrected chi connectivity index (χ4v) is 4.08. The molecule has 1 fully saturated rings. The van der Waals surface area contributed by atoms with Crippen molar-refractivity contribution >= 4 is 29.6 Å². The van der Waals surface area contributed by atoms with Crippen molar-refractivity contribution in [3.05, 3.63) is 88.4 Å². The van der Waals surface area contributed by atoms with E-state index < -0.39 is 5.91 Å². The number of nitrogens with zero attached hydrogens (tertiary/aromatic N) is 2. The number of nitrogens with one attached hydrogen (secondary N) is 1. The molecule has 1 heterocycles. The van der Waals surface area contributed by atoms with E-state index in [0.29, 0.717) is 40.0 Å². The number of likely N-dealkylation sites (tertiary alicyclic amines) is 1. The number of rotatable bonds is 10. The molecule has 0 saturated carbocycles. The maximum Gasteiger partial charge on any atom is 0.277 e. The molecule has 0 bridgehead atoms. The Balaban J connectivity index is 1.26. The zero-order chi connectivity index (χ0) is 26.7. The van der Waals surface area contributed by atoms with Crippen molar-refractivity contribution in [3.8, 4) is 17.2 Å². The molecule has 8 nitrogen and oxygen atoms in total. The Labute approximate surface area is 227 Å². The number of ether oxygens (including phenoxy) is 3. The van der Waals surface area contributed by atoms with E-state index in [-0.39, 0.29) is 12.5 Å². The number of carbonyl (C=O) groups excluding carboxylic acids is 2. The van der Waals surface area contributed by atoms with Crippen molar-refractivity contribution in [2.45, 2.75) is 25.9 Å². The third-order valence-electron chi connectivity index (χ3n) is 6.01. The number of hydrogen-bond acceptors (Lipinski definition) is 6. The first kappa shape index (κ1) is 27.0. The minimum atomic E-state index is -0.397. The van der Waals surface area contributed by atoms with Crippen molar-refractivity contribution in [3.63, 3.8) is 0 Å². The van der Waals surface area contributed by atoms with Crippen molar-refractivity contribution in [1.29, 1.82) is 0 Å². The first-order chi connectivity index (χ1) is 18.5. The molecular formula is C29H30ClN3O5. The summed E-state index contributed by atoms with van der Waals surface area (Å²) in [6, 6.07) is 19.6. The largest absolute Gasteiger partial charge is 0.493 e. The predicted molar refractivity (Wildman–Crippen MR) is 146 cm³/mol. The zero-order valence-electron chi connectivity index (χ0n) is 21.2. The lowest BCUT2D eigenvalue weighted by Gasteiger charge is -2.26. The molecule has 9 heteroatoms. The highest BCUT2D eigenvalue weighted by atomic mass is 35.5. The number of halogens is 1. The molecule has 0 spiro atoms. The Bertz CT molecular complexity index is 1260. The van der Waals surface area contributed by atoms with Gasteiger partial charge in [0.2, 0.25) is 0 Å². The average molecular weight is 536 g/mol. The van der Waals surface area contributed by atoms with Crippen LogP contribution in [0.1, 0.15) is 40.7 Å². The van der Waals surface area contributed by atoms with Crippen LogP contribution in [0.25, 0.3) is 0 Å². The second kappa shape index (κ2) is 13.5. The van der Waals surface area contributed by atoms with Gasteiger partial charge < -0.3 is 19.1 Å². The number of piperidine rings is 1. The Kier molecular flexibility index (Phi) is 9.59. The molecule has 198 valence electrons. The molecule has 0 atom stereocenters. The molecule has 0 radical (unpaired) electrons. The van der Waals surface area contributed by atoms with Gasteiger partial charge in [0.15, 0.2) is 18.1 Å². The molecule has 1 aliphatic heterocycles. The Hall–Kier alpha value is -4.04. The van der Waals surface area contributed by atoms with Crippen LogP contribution in [0.5, 0.6) is 17.2 Å².